The van der Waals surface area contributed by atoms with E-state index in [0.29, 0.717) is 10.6 Å². The Morgan fingerprint density at radius 2 is 2.45 bits per heavy atom. The summed E-state index contributed by atoms with van der Waals surface area (Å²) in [5.41, 5.74) is 0. The first-order valence-electron chi connectivity index (χ1n) is 2.94. The molecule has 1 heterocycles. The highest BCUT2D eigenvalue weighted by Crippen LogP contribution is 2.06. The van der Waals surface area contributed by atoms with E-state index in [9.17, 15) is 4.79 Å². The molecule has 58 valence electrons. The van der Waals surface area contributed by atoms with Crippen LogP contribution in [0.15, 0.2) is 16.9 Å². The smallest absolute Gasteiger partial charge is 0.230 e. The fourth-order valence-corrected chi connectivity index (χ4v) is 0.841. The van der Waals surface area contributed by atoms with Crippen molar-refractivity contribution in [2.75, 3.05) is 5.32 Å². The number of hydrogen-bond acceptors (Lipinski definition) is 3. The van der Waals surface area contributed by atoms with E-state index >= 15 is 0 Å². The predicted molar refractivity (Wildman–Crippen MR) is 44.0 cm³/mol. The maximum atomic E-state index is 10.5. The Labute approximate surface area is 72.2 Å². The number of hydrogen-bond donors (Lipinski definition) is 1. The van der Waals surface area contributed by atoms with Crippen LogP contribution in [-0.2, 0) is 4.79 Å². The zero-order chi connectivity index (χ0) is 8.27. The number of carbonyl (C=O) groups is 1. The highest BCUT2D eigenvalue weighted by atomic mass is 79.9. The average molecular weight is 216 g/mol. The third kappa shape index (κ3) is 2.63. The zero-order valence-corrected chi connectivity index (χ0v) is 7.42. The van der Waals surface area contributed by atoms with Gasteiger partial charge < -0.3 is 0 Å². The second-order valence-corrected chi connectivity index (χ2v) is 2.70. The molecule has 1 amide bonds. The summed E-state index contributed by atoms with van der Waals surface area (Å²) in [6.07, 6.45) is 1.56. The summed E-state index contributed by atoms with van der Waals surface area (Å²) < 4.78 is 0.649. The Kier molecular flexibility index (Phi) is 2.53. The molecule has 0 unspecified atom stereocenters. The van der Waals surface area contributed by atoms with Gasteiger partial charge in [0.1, 0.15) is 4.60 Å². The van der Waals surface area contributed by atoms with E-state index in [1.807, 2.05) is 0 Å². The van der Waals surface area contributed by atoms with Gasteiger partial charge in [0.2, 0.25) is 11.9 Å². The lowest BCUT2D eigenvalue weighted by Crippen LogP contribution is -2.08. The van der Waals surface area contributed by atoms with Crippen molar-refractivity contribution in [2.45, 2.75) is 6.92 Å². The second-order valence-electron chi connectivity index (χ2n) is 1.88. The topological polar surface area (TPSA) is 54.9 Å². The van der Waals surface area contributed by atoms with Gasteiger partial charge in [-0.3, -0.25) is 10.1 Å². The second kappa shape index (κ2) is 3.43. The highest BCUT2D eigenvalue weighted by Gasteiger charge is 1.97. The van der Waals surface area contributed by atoms with Crippen molar-refractivity contribution in [1.29, 1.82) is 0 Å². The van der Waals surface area contributed by atoms with Crippen molar-refractivity contribution in [1.82, 2.24) is 9.97 Å². The zero-order valence-electron chi connectivity index (χ0n) is 5.84. The summed E-state index contributed by atoms with van der Waals surface area (Å²) in [6, 6.07) is 1.69. The van der Waals surface area contributed by atoms with Crippen molar-refractivity contribution >= 4 is 27.8 Å². The molecule has 0 aromatic carbocycles. The van der Waals surface area contributed by atoms with Crippen LogP contribution in [0.4, 0.5) is 5.95 Å². The standard InChI is InChI=1S/C6H6BrN3O/c1-4(11)9-6-8-3-2-5(7)10-6/h2-3H,1H3,(H,8,9,10,11). The molecule has 0 aliphatic heterocycles. The van der Waals surface area contributed by atoms with Gasteiger partial charge in [0.05, 0.1) is 0 Å². The fourth-order valence-electron chi connectivity index (χ4n) is 0.554. The van der Waals surface area contributed by atoms with Gasteiger partial charge in [-0.1, -0.05) is 0 Å². The van der Waals surface area contributed by atoms with Crippen molar-refractivity contribution in [2.24, 2.45) is 0 Å². The van der Waals surface area contributed by atoms with E-state index in [1.54, 1.807) is 12.3 Å². The van der Waals surface area contributed by atoms with Crippen LogP contribution in [-0.4, -0.2) is 15.9 Å². The predicted octanol–water partition coefficient (Wildman–Crippen LogP) is 1.20. The molecule has 1 N–H and O–H groups in total. The molecule has 0 bridgehead atoms. The number of aromatic nitrogens is 2. The number of halogens is 1. The SMILES string of the molecule is CC(=O)Nc1nccc(Br)n1. The molecule has 4 nitrogen and oxygen atoms in total. The van der Waals surface area contributed by atoms with E-state index in [0.717, 1.165) is 0 Å². The number of nitrogens with zero attached hydrogens (tertiary/aromatic N) is 2. The number of amides is 1. The quantitative estimate of drug-likeness (QED) is 0.717. The molecule has 1 aromatic heterocycles. The minimum absolute atomic E-state index is 0.178. The van der Waals surface area contributed by atoms with Crippen LogP contribution < -0.4 is 5.32 Å². The van der Waals surface area contributed by atoms with Gasteiger partial charge in [0.25, 0.3) is 0 Å². The Bertz CT molecular complexity index is 276. The molecule has 0 radical (unpaired) electrons. The lowest BCUT2D eigenvalue weighted by Gasteiger charge is -1.97. The van der Waals surface area contributed by atoms with Crippen LogP contribution in [0.1, 0.15) is 6.92 Å². The molecule has 0 saturated carbocycles. The summed E-state index contributed by atoms with van der Waals surface area (Å²) in [6.45, 7) is 1.41. The molecule has 0 saturated heterocycles. The summed E-state index contributed by atoms with van der Waals surface area (Å²) >= 11 is 3.15. The lowest BCUT2D eigenvalue weighted by molar-refractivity contribution is -0.114. The van der Waals surface area contributed by atoms with Gasteiger partial charge in [-0.25, -0.2) is 9.97 Å². The normalized spacial score (nSPS) is 9.27. The molecule has 0 atom stereocenters. The summed E-state index contributed by atoms with van der Waals surface area (Å²) in [7, 11) is 0. The Morgan fingerprint density at radius 3 is 3.00 bits per heavy atom. The van der Waals surface area contributed by atoms with E-state index in [1.165, 1.54) is 6.92 Å². The number of nitrogens with one attached hydrogen (secondary N) is 1. The molecule has 11 heavy (non-hydrogen) atoms. The van der Waals surface area contributed by atoms with Crippen LogP contribution in [0.5, 0.6) is 0 Å². The van der Waals surface area contributed by atoms with E-state index < -0.39 is 0 Å². The number of rotatable bonds is 1. The van der Waals surface area contributed by atoms with Crippen LogP contribution >= 0.6 is 15.9 Å². The van der Waals surface area contributed by atoms with Gasteiger partial charge in [0.15, 0.2) is 0 Å². The first kappa shape index (κ1) is 8.13. The fraction of sp³-hybridized carbons (Fsp3) is 0.167. The third-order valence-corrected chi connectivity index (χ3v) is 1.35. The number of carbonyl (C=O) groups excluding carboxylic acids is 1. The highest BCUT2D eigenvalue weighted by molar-refractivity contribution is 9.10. The van der Waals surface area contributed by atoms with Crippen LogP contribution in [0.25, 0.3) is 0 Å². The third-order valence-electron chi connectivity index (χ3n) is 0.909. The van der Waals surface area contributed by atoms with Gasteiger partial charge >= 0.3 is 0 Å². The Balaban J connectivity index is 2.79. The Morgan fingerprint density at radius 1 is 1.73 bits per heavy atom. The molecular formula is C6H6BrN3O. The number of anilines is 1. The maximum absolute atomic E-state index is 10.5. The monoisotopic (exact) mass is 215 g/mol. The molecule has 1 aromatic rings. The minimum atomic E-state index is -0.178. The van der Waals surface area contributed by atoms with Gasteiger partial charge in [0, 0.05) is 13.1 Å². The van der Waals surface area contributed by atoms with Gasteiger partial charge in [-0.2, -0.15) is 0 Å². The molecule has 5 heteroatoms. The van der Waals surface area contributed by atoms with Crippen LogP contribution in [0.2, 0.25) is 0 Å². The lowest BCUT2D eigenvalue weighted by atomic mass is 10.6. The average Bonchev–Trinajstić information content (AvgIpc) is 1.85. The molecule has 0 spiro atoms. The summed E-state index contributed by atoms with van der Waals surface area (Å²) in [5.74, 6) is 0.134. The summed E-state index contributed by atoms with van der Waals surface area (Å²) in [5, 5.41) is 2.45. The van der Waals surface area contributed by atoms with E-state index in [-0.39, 0.29) is 5.91 Å². The van der Waals surface area contributed by atoms with Crippen LogP contribution in [0.3, 0.4) is 0 Å². The summed E-state index contributed by atoms with van der Waals surface area (Å²) in [4.78, 5) is 18.2. The first-order chi connectivity index (χ1) is 5.18. The van der Waals surface area contributed by atoms with Crippen molar-refractivity contribution in [3.8, 4) is 0 Å². The minimum Gasteiger partial charge on any atom is -0.295 e. The molecule has 1 rings (SSSR count). The van der Waals surface area contributed by atoms with E-state index in [4.69, 9.17) is 0 Å². The van der Waals surface area contributed by atoms with Crippen molar-refractivity contribution in [3.05, 3.63) is 16.9 Å². The first-order valence-corrected chi connectivity index (χ1v) is 3.74. The molecule has 0 aliphatic rings. The van der Waals surface area contributed by atoms with Crippen molar-refractivity contribution in [3.63, 3.8) is 0 Å². The Hall–Kier alpha value is -0.970. The molecular weight excluding hydrogens is 210 g/mol. The van der Waals surface area contributed by atoms with Gasteiger partial charge in [-0.15, -0.1) is 0 Å². The largest absolute Gasteiger partial charge is 0.295 e. The maximum Gasteiger partial charge on any atom is 0.230 e. The van der Waals surface area contributed by atoms with Gasteiger partial charge in [-0.05, 0) is 22.0 Å². The van der Waals surface area contributed by atoms with Crippen molar-refractivity contribution < 1.29 is 4.79 Å². The van der Waals surface area contributed by atoms with E-state index in [2.05, 4.69) is 31.2 Å². The molecule has 0 fully saturated rings. The molecule has 0 aliphatic carbocycles. The van der Waals surface area contributed by atoms with Crippen LogP contribution in [0, 0.1) is 0 Å².